The molecular formula is C69H118O12. The molecule has 1 fully saturated rings. The van der Waals surface area contributed by atoms with Crippen LogP contribution in [0.15, 0.2) is 72.9 Å². The summed E-state index contributed by atoms with van der Waals surface area (Å²) in [4.78, 5) is 51.3. The summed E-state index contributed by atoms with van der Waals surface area (Å²) in [6, 6.07) is 0. The minimum absolute atomic E-state index is 0.0416. The largest absolute Gasteiger partial charge is 0.479 e. The van der Waals surface area contributed by atoms with Gasteiger partial charge in [-0.2, -0.15) is 0 Å². The molecule has 0 aromatic heterocycles. The quantitative estimate of drug-likeness (QED) is 0.0228. The molecule has 466 valence electrons. The fraction of sp³-hybridized carbons (Fsp3) is 0.768. The highest BCUT2D eigenvalue weighted by Gasteiger charge is 2.50. The predicted octanol–water partition coefficient (Wildman–Crippen LogP) is 17.7. The van der Waals surface area contributed by atoms with Crippen molar-refractivity contribution in [1.29, 1.82) is 0 Å². The summed E-state index contributed by atoms with van der Waals surface area (Å²) in [5.74, 6) is -3.15. The number of carboxylic acid groups (broad SMARTS) is 1. The second kappa shape index (κ2) is 56.6. The van der Waals surface area contributed by atoms with E-state index in [1.165, 1.54) is 103 Å². The number of carbonyl (C=O) groups excluding carboxylic acids is 3. The number of carbonyl (C=O) groups is 4. The second-order valence-corrected chi connectivity index (χ2v) is 22.4. The fourth-order valence-corrected chi connectivity index (χ4v) is 9.64. The highest BCUT2D eigenvalue weighted by Crippen LogP contribution is 2.27. The van der Waals surface area contributed by atoms with E-state index in [1.807, 2.05) is 0 Å². The summed E-state index contributed by atoms with van der Waals surface area (Å²) in [6.07, 6.45) is 59.9. The lowest BCUT2D eigenvalue weighted by atomic mass is 9.98. The monoisotopic (exact) mass is 1140 g/mol. The van der Waals surface area contributed by atoms with Gasteiger partial charge in [-0.3, -0.25) is 14.4 Å². The molecule has 0 saturated carbocycles. The fourth-order valence-electron chi connectivity index (χ4n) is 9.64. The van der Waals surface area contributed by atoms with E-state index in [4.69, 9.17) is 23.7 Å². The highest BCUT2D eigenvalue weighted by molar-refractivity contribution is 5.74. The number of rotatable bonds is 56. The minimum Gasteiger partial charge on any atom is -0.479 e. The third kappa shape index (κ3) is 46.3. The van der Waals surface area contributed by atoms with E-state index in [0.717, 1.165) is 128 Å². The van der Waals surface area contributed by atoms with Crippen molar-refractivity contribution in [3.63, 3.8) is 0 Å². The lowest BCUT2D eigenvalue weighted by molar-refractivity contribution is -0.301. The van der Waals surface area contributed by atoms with Gasteiger partial charge in [0.2, 0.25) is 0 Å². The Bertz CT molecular complexity index is 1680. The Labute approximate surface area is 493 Å². The zero-order chi connectivity index (χ0) is 58.9. The lowest BCUT2D eigenvalue weighted by Gasteiger charge is -2.40. The van der Waals surface area contributed by atoms with Gasteiger partial charge >= 0.3 is 23.9 Å². The maximum absolute atomic E-state index is 13.2. The summed E-state index contributed by atoms with van der Waals surface area (Å²) in [5.41, 5.74) is 0. The van der Waals surface area contributed by atoms with Crippen molar-refractivity contribution in [2.75, 3.05) is 13.2 Å². The molecule has 1 saturated heterocycles. The number of esters is 3. The average molecular weight is 1140 g/mol. The Morgan fingerprint density at radius 1 is 0.407 bits per heavy atom. The van der Waals surface area contributed by atoms with Crippen LogP contribution in [0.3, 0.4) is 0 Å². The van der Waals surface area contributed by atoms with Crippen molar-refractivity contribution in [2.24, 2.45) is 0 Å². The molecule has 1 rings (SSSR count). The van der Waals surface area contributed by atoms with Crippen molar-refractivity contribution >= 4 is 23.9 Å². The van der Waals surface area contributed by atoms with Crippen LogP contribution in [-0.4, -0.2) is 89.2 Å². The molecule has 6 unspecified atom stereocenters. The first-order valence-corrected chi connectivity index (χ1v) is 32.9. The maximum atomic E-state index is 13.2. The topological polar surface area (TPSA) is 175 Å². The molecular weight excluding hydrogens is 1020 g/mol. The zero-order valence-corrected chi connectivity index (χ0v) is 51.5. The number of hydrogen-bond acceptors (Lipinski definition) is 11. The van der Waals surface area contributed by atoms with E-state index in [9.17, 15) is 34.5 Å². The molecule has 0 aromatic carbocycles. The van der Waals surface area contributed by atoms with Crippen LogP contribution >= 0.6 is 0 Å². The van der Waals surface area contributed by atoms with Crippen molar-refractivity contribution in [3.05, 3.63) is 72.9 Å². The van der Waals surface area contributed by atoms with Gasteiger partial charge in [0, 0.05) is 19.3 Å². The Morgan fingerprint density at radius 3 is 1.16 bits per heavy atom. The molecule has 3 N–H and O–H groups in total. The molecule has 1 aliphatic heterocycles. The van der Waals surface area contributed by atoms with Crippen molar-refractivity contribution in [1.82, 2.24) is 0 Å². The van der Waals surface area contributed by atoms with E-state index in [-0.39, 0.29) is 25.9 Å². The first-order valence-electron chi connectivity index (χ1n) is 32.9. The number of hydrogen-bond donors (Lipinski definition) is 3. The number of aliphatic carboxylic acids is 1. The van der Waals surface area contributed by atoms with Crippen LogP contribution in [0.4, 0.5) is 0 Å². The summed E-state index contributed by atoms with van der Waals surface area (Å²) in [6.45, 7) is 5.94. The first kappa shape index (κ1) is 75.2. The highest BCUT2D eigenvalue weighted by atomic mass is 16.7. The Morgan fingerprint density at radius 2 is 0.741 bits per heavy atom. The van der Waals surface area contributed by atoms with Gasteiger partial charge in [0.25, 0.3) is 0 Å². The van der Waals surface area contributed by atoms with Crippen molar-refractivity contribution < 1.29 is 58.2 Å². The molecule has 0 bridgehead atoms. The second-order valence-electron chi connectivity index (χ2n) is 22.4. The molecule has 81 heavy (non-hydrogen) atoms. The lowest BCUT2D eigenvalue weighted by Crippen LogP contribution is -2.61. The maximum Gasteiger partial charge on any atom is 0.335 e. The zero-order valence-electron chi connectivity index (χ0n) is 51.5. The number of carboxylic acids is 1. The Hall–Kier alpha value is -3.84. The molecule has 12 nitrogen and oxygen atoms in total. The van der Waals surface area contributed by atoms with Gasteiger partial charge in [-0.1, -0.05) is 229 Å². The summed E-state index contributed by atoms with van der Waals surface area (Å²) >= 11 is 0. The van der Waals surface area contributed by atoms with E-state index in [0.29, 0.717) is 19.3 Å². The number of allylic oxidation sites excluding steroid dienone is 12. The summed E-state index contributed by atoms with van der Waals surface area (Å²) in [5, 5.41) is 31.6. The van der Waals surface area contributed by atoms with Crippen LogP contribution < -0.4 is 0 Å². The first-order chi connectivity index (χ1) is 39.6. The van der Waals surface area contributed by atoms with Crippen LogP contribution in [0.25, 0.3) is 0 Å². The van der Waals surface area contributed by atoms with Crippen LogP contribution in [0.5, 0.6) is 0 Å². The van der Waals surface area contributed by atoms with Crippen LogP contribution in [0, 0.1) is 0 Å². The molecule has 0 aromatic rings. The van der Waals surface area contributed by atoms with E-state index >= 15 is 0 Å². The molecule has 1 aliphatic rings. The van der Waals surface area contributed by atoms with Crippen molar-refractivity contribution in [2.45, 2.75) is 327 Å². The molecule has 0 aliphatic carbocycles. The summed E-state index contributed by atoms with van der Waals surface area (Å²) < 4.78 is 28.5. The average Bonchev–Trinajstić information content (AvgIpc) is 3.53. The van der Waals surface area contributed by atoms with Crippen LogP contribution in [0.1, 0.15) is 290 Å². The van der Waals surface area contributed by atoms with Crippen LogP contribution in [-0.2, 0) is 42.9 Å². The van der Waals surface area contributed by atoms with Gasteiger partial charge in [0.05, 0.1) is 6.61 Å². The minimum atomic E-state index is -1.91. The molecule has 0 radical (unpaired) electrons. The van der Waals surface area contributed by atoms with Crippen LogP contribution in [0.2, 0.25) is 0 Å². The molecule has 6 atom stereocenters. The van der Waals surface area contributed by atoms with Gasteiger partial charge in [-0.05, 0) is 116 Å². The van der Waals surface area contributed by atoms with Gasteiger partial charge in [0.1, 0.15) is 18.8 Å². The predicted molar refractivity (Wildman–Crippen MR) is 331 cm³/mol. The summed E-state index contributed by atoms with van der Waals surface area (Å²) in [7, 11) is 0. The third-order valence-corrected chi connectivity index (χ3v) is 14.7. The number of ether oxygens (including phenoxy) is 5. The van der Waals surface area contributed by atoms with Gasteiger partial charge in [0.15, 0.2) is 24.6 Å². The smallest absolute Gasteiger partial charge is 0.335 e. The van der Waals surface area contributed by atoms with Crippen molar-refractivity contribution in [3.8, 4) is 0 Å². The number of aliphatic hydroxyl groups excluding tert-OH is 2. The van der Waals surface area contributed by atoms with Gasteiger partial charge < -0.3 is 39.0 Å². The number of unbranched alkanes of at least 4 members (excludes halogenated alkanes) is 30. The van der Waals surface area contributed by atoms with E-state index in [1.54, 1.807) is 0 Å². The van der Waals surface area contributed by atoms with E-state index < -0.39 is 67.3 Å². The SMILES string of the molecule is CCCCC/C=C\C/C=C\C/C=C\CCCCCCCCC(=O)OCC(COC1OC(C(=O)O)C(O)C(O)C1OC(=O)CCCCCCC/C=C\C/C=C\CCCCC)OC(=O)CCCCCCCCC/C=C\CCCCCCCC. The van der Waals surface area contributed by atoms with Gasteiger partial charge in [-0.25, -0.2) is 4.79 Å². The van der Waals surface area contributed by atoms with E-state index in [2.05, 4.69) is 93.7 Å². The normalized spacial score (nSPS) is 18.2. The third-order valence-electron chi connectivity index (χ3n) is 14.7. The Kier molecular flexibility index (Phi) is 52.6. The molecule has 12 heteroatoms. The van der Waals surface area contributed by atoms with Gasteiger partial charge in [-0.15, -0.1) is 0 Å². The molecule has 0 amide bonds. The number of aliphatic hydroxyl groups is 2. The Balaban J connectivity index is 2.68. The standard InChI is InChI=1S/C69H118O12/c1-4-7-10-13-16-19-22-25-28-30-31-33-35-37-40-43-46-49-52-55-61(70)77-58-60(79-62(71)56-53-50-47-44-41-39-36-32-29-26-23-20-17-14-11-8-5-2)59-78-69-67(65(74)64(73)66(81-69)68(75)76)80-63(72)57-54-51-48-45-42-38-34-27-24-21-18-15-12-9-6-3/h16,18-19,21,25-29,31,33-34,60,64-67,69,73-74H,4-15,17,20,22-24,30,32,35-59H2,1-3H3,(H,75,76)/b19-16-,21-18-,28-25-,29-26-,33-31-,34-27-. The molecule has 1 heterocycles. The molecule has 0 spiro atoms.